The quantitative estimate of drug-likeness (QED) is 0.509. The molecule has 0 radical (unpaired) electrons. The Hall–Kier alpha value is -3.22. The van der Waals surface area contributed by atoms with Crippen molar-refractivity contribution in [3.63, 3.8) is 0 Å². The average Bonchev–Trinajstić information content (AvgIpc) is 2.81. The Labute approximate surface area is 157 Å². The molecule has 1 aliphatic heterocycles. The molecule has 2 aromatic carbocycles. The molecule has 1 unspecified atom stereocenters. The second-order valence-electron chi connectivity index (χ2n) is 7.13. The Morgan fingerprint density at radius 1 is 1.07 bits per heavy atom. The van der Waals surface area contributed by atoms with Gasteiger partial charge in [0.1, 0.15) is 5.54 Å². The molecule has 1 fully saturated rings. The molecule has 1 aliphatic rings. The molecule has 2 aromatic rings. The number of nitrogens with zero attached hydrogens (tertiary/aromatic N) is 2. The lowest BCUT2D eigenvalue weighted by atomic mass is 9.91. The van der Waals surface area contributed by atoms with Crippen LogP contribution in [0.5, 0.6) is 0 Å². The van der Waals surface area contributed by atoms with Crippen LogP contribution in [-0.4, -0.2) is 21.8 Å². The van der Waals surface area contributed by atoms with Crippen molar-refractivity contribution in [2.45, 2.75) is 39.8 Å². The van der Waals surface area contributed by atoms with Crippen molar-refractivity contribution in [3.8, 4) is 0 Å². The standard InChI is InChI=1S/C20H21N3O4/c1-12-9-13(2)17(14(3)10-12)11-22-18(24)20(4,21-19(22)25)15-5-7-16(8-6-15)23(26)27/h5-10H,11H2,1-4H3,(H,21,25). The molecule has 7 heteroatoms. The maximum absolute atomic E-state index is 13.1. The number of urea groups is 1. The van der Waals surface area contributed by atoms with Crippen LogP contribution in [0.4, 0.5) is 10.5 Å². The minimum absolute atomic E-state index is 0.0677. The molecule has 0 saturated carbocycles. The van der Waals surface area contributed by atoms with Gasteiger partial charge in [-0.3, -0.25) is 19.8 Å². The van der Waals surface area contributed by atoms with E-state index in [1.165, 1.54) is 29.2 Å². The number of carbonyl (C=O) groups excluding carboxylic acids is 2. The fourth-order valence-electron chi connectivity index (χ4n) is 3.57. The molecule has 1 heterocycles. The number of hydrogen-bond donors (Lipinski definition) is 1. The SMILES string of the molecule is Cc1cc(C)c(CN2C(=O)NC(C)(c3ccc([N+](=O)[O-])cc3)C2=O)c(C)c1. The van der Waals surface area contributed by atoms with Crippen molar-refractivity contribution in [3.05, 3.63) is 74.3 Å². The summed E-state index contributed by atoms with van der Waals surface area (Å²) in [5.74, 6) is -0.374. The summed E-state index contributed by atoms with van der Waals surface area (Å²) in [6, 6.07) is 9.24. The number of nitro benzene ring substituents is 1. The van der Waals surface area contributed by atoms with Gasteiger partial charge in [-0.2, -0.15) is 0 Å². The van der Waals surface area contributed by atoms with Crippen molar-refractivity contribution < 1.29 is 14.5 Å². The number of carbonyl (C=O) groups is 2. The summed E-state index contributed by atoms with van der Waals surface area (Å²) in [5.41, 5.74) is 3.31. The van der Waals surface area contributed by atoms with E-state index in [9.17, 15) is 19.7 Å². The largest absolute Gasteiger partial charge is 0.325 e. The molecule has 1 saturated heterocycles. The number of aryl methyl sites for hydroxylation is 3. The minimum Gasteiger partial charge on any atom is -0.319 e. The number of nitrogens with one attached hydrogen (secondary N) is 1. The van der Waals surface area contributed by atoms with Crippen molar-refractivity contribution >= 4 is 17.6 Å². The Morgan fingerprint density at radius 2 is 1.63 bits per heavy atom. The fraction of sp³-hybridized carbons (Fsp3) is 0.300. The van der Waals surface area contributed by atoms with Crippen LogP contribution in [-0.2, 0) is 16.9 Å². The summed E-state index contributed by atoms with van der Waals surface area (Å²) in [5, 5.41) is 13.6. The summed E-state index contributed by atoms with van der Waals surface area (Å²) < 4.78 is 0. The highest BCUT2D eigenvalue weighted by atomic mass is 16.6. The zero-order valence-corrected chi connectivity index (χ0v) is 15.7. The molecule has 27 heavy (non-hydrogen) atoms. The van der Waals surface area contributed by atoms with Crippen LogP contribution in [0, 0.1) is 30.9 Å². The zero-order valence-electron chi connectivity index (χ0n) is 15.7. The van der Waals surface area contributed by atoms with Gasteiger partial charge in [0, 0.05) is 12.1 Å². The molecule has 0 spiro atoms. The molecular weight excluding hydrogens is 346 g/mol. The highest BCUT2D eigenvalue weighted by Crippen LogP contribution is 2.31. The Balaban J connectivity index is 1.92. The van der Waals surface area contributed by atoms with Crippen LogP contribution in [0.25, 0.3) is 0 Å². The van der Waals surface area contributed by atoms with Crippen LogP contribution in [0.2, 0.25) is 0 Å². The Bertz CT molecular complexity index is 929. The topological polar surface area (TPSA) is 92.6 Å². The number of rotatable bonds is 4. The second kappa shape index (κ2) is 6.50. The zero-order chi connectivity index (χ0) is 19.9. The maximum atomic E-state index is 13.1. The summed E-state index contributed by atoms with van der Waals surface area (Å²) in [6.07, 6.45) is 0. The smallest absolute Gasteiger partial charge is 0.319 e. The van der Waals surface area contributed by atoms with Crippen LogP contribution < -0.4 is 5.32 Å². The van der Waals surface area contributed by atoms with Crippen LogP contribution in [0.15, 0.2) is 36.4 Å². The summed E-state index contributed by atoms with van der Waals surface area (Å²) >= 11 is 0. The lowest BCUT2D eigenvalue weighted by molar-refractivity contribution is -0.384. The molecule has 0 bridgehead atoms. The molecule has 0 aromatic heterocycles. The van der Waals surface area contributed by atoms with Gasteiger partial charge in [-0.05, 0) is 62.1 Å². The third kappa shape index (κ3) is 3.16. The number of imide groups is 1. The third-order valence-corrected chi connectivity index (χ3v) is 5.09. The van der Waals surface area contributed by atoms with Crippen molar-refractivity contribution in [2.24, 2.45) is 0 Å². The van der Waals surface area contributed by atoms with E-state index in [1.807, 2.05) is 32.9 Å². The first kappa shape index (κ1) is 18.6. The van der Waals surface area contributed by atoms with Crippen molar-refractivity contribution in [1.82, 2.24) is 10.2 Å². The van der Waals surface area contributed by atoms with Gasteiger partial charge in [-0.15, -0.1) is 0 Å². The highest BCUT2D eigenvalue weighted by molar-refractivity contribution is 6.07. The minimum atomic E-state index is -1.25. The van der Waals surface area contributed by atoms with Crippen LogP contribution in [0.1, 0.15) is 34.7 Å². The first-order valence-corrected chi connectivity index (χ1v) is 8.59. The summed E-state index contributed by atoms with van der Waals surface area (Å²) in [7, 11) is 0. The van der Waals surface area contributed by atoms with Gasteiger partial charge in [-0.25, -0.2) is 4.79 Å². The number of hydrogen-bond acceptors (Lipinski definition) is 4. The van der Waals surface area contributed by atoms with E-state index in [2.05, 4.69) is 5.32 Å². The molecular formula is C20H21N3O4. The summed E-state index contributed by atoms with van der Waals surface area (Å²) in [4.78, 5) is 37.1. The number of amides is 3. The molecule has 140 valence electrons. The Morgan fingerprint density at radius 3 is 2.15 bits per heavy atom. The fourth-order valence-corrected chi connectivity index (χ4v) is 3.57. The molecule has 1 atom stereocenters. The lowest BCUT2D eigenvalue weighted by Gasteiger charge is -2.22. The second-order valence-corrected chi connectivity index (χ2v) is 7.13. The van der Waals surface area contributed by atoms with Crippen LogP contribution in [0.3, 0.4) is 0 Å². The first-order chi connectivity index (χ1) is 12.6. The highest BCUT2D eigenvalue weighted by Gasteiger charge is 2.49. The monoisotopic (exact) mass is 367 g/mol. The first-order valence-electron chi connectivity index (χ1n) is 8.59. The Kier molecular flexibility index (Phi) is 4.47. The maximum Gasteiger partial charge on any atom is 0.325 e. The third-order valence-electron chi connectivity index (χ3n) is 5.09. The van der Waals surface area contributed by atoms with E-state index in [0.717, 1.165) is 22.3 Å². The number of non-ortho nitro benzene ring substituents is 1. The predicted molar refractivity (Wildman–Crippen MR) is 100 cm³/mol. The molecule has 0 aliphatic carbocycles. The summed E-state index contributed by atoms with van der Waals surface area (Å²) in [6.45, 7) is 7.73. The lowest BCUT2D eigenvalue weighted by Crippen LogP contribution is -2.40. The van der Waals surface area contributed by atoms with E-state index >= 15 is 0 Å². The number of nitro groups is 1. The normalized spacial score (nSPS) is 19.3. The van der Waals surface area contributed by atoms with Gasteiger partial charge in [-0.1, -0.05) is 17.7 Å². The van der Waals surface area contributed by atoms with Gasteiger partial charge in [0.15, 0.2) is 0 Å². The number of benzene rings is 2. The predicted octanol–water partition coefficient (Wildman–Crippen LogP) is 3.49. The van der Waals surface area contributed by atoms with Gasteiger partial charge in [0.05, 0.1) is 11.5 Å². The molecule has 7 nitrogen and oxygen atoms in total. The van der Waals surface area contributed by atoms with Crippen molar-refractivity contribution in [1.29, 1.82) is 0 Å². The van der Waals surface area contributed by atoms with E-state index < -0.39 is 16.5 Å². The van der Waals surface area contributed by atoms with Crippen molar-refractivity contribution in [2.75, 3.05) is 0 Å². The average molecular weight is 367 g/mol. The molecule has 1 N–H and O–H groups in total. The molecule has 3 rings (SSSR count). The van der Waals surface area contributed by atoms with Gasteiger partial charge in [0.25, 0.3) is 11.6 Å². The van der Waals surface area contributed by atoms with E-state index in [-0.39, 0.29) is 18.1 Å². The molecule has 3 amide bonds. The van der Waals surface area contributed by atoms with E-state index in [4.69, 9.17) is 0 Å². The van der Waals surface area contributed by atoms with E-state index in [1.54, 1.807) is 6.92 Å². The van der Waals surface area contributed by atoms with Gasteiger partial charge < -0.3 is 5.32 Å². The van der Waals surface area contributed by atoms with Gasteiger partial charge >= 0.3 is 6.03 Å². The van der Waals surface area contributed by atoms with Gasteiger partial charge in [0.2, 0.25) is 0 Å². The van der Waals surface area contributed by atoms with E-state index in [0.29, 0.717) is 5.56 Å². The van der Waals surface area contributed by atoms with Crippen LogP contribution >= 0.6 is 0 Å².